The molecule has 1 N–H and O–H groups in total. The maximum atomic E-state index is 8.93. The van der Waals surface area contributed by atoms with Crippen LogP contribution >= 0.6 is 0 Å². The fraction of sp³-hybridized carbons (Fsp3) is 0.667. The van der Waals surface area contributed by atoms with Gasteiger partial charge in [-0.05, 0) is 64.4 Å². The van der Waals surface area contributed by atoms with Crippen LogP contribution in [0.25, 0.3) is 0 Å². The van der Waals surface area contributed by atoms with Crippen LogP contribution in [0.1, 0.15) is 36.0 Å². The number of aryl methyl sites for hydroxylation is 2. The summed E-state index contributed by atoms with van der Waals surface area (Å²) in [4.78, 5) is 5.00. The first-order valence-corrected chi connectivity index (χ1v) is 8.19. The van der Waals surface area contributed by atoms with E-state index in [-0.39, 0.29) is 0 Å². The van der Waals surface area contributed by atoms with Crippen LogP contribution in [-0.2, 0) is 6.54 Å². The van der Waals surface area contributed by atoms with Crippen LogP contribution in [-0.4, -0.2) is 54.2 Å². The molecule has 3 nitrogen and oxygen atoms in total. The van der Waals surface area contributed by atoms with Crippen molar-refractivity contribution in [2.24, 2.45) is 0 Å². The van der Waals surface area contributed by atoms with Gasteiger partial charge in [-0.1, -0.05) is 23.8 Å². The number of hydrogen-bond donors (Lipinski definition) is 1. The molecule has 0 saturated carbocycles. The zero-order valence-corrected chi connectivity index (χ0v) is 13.8. The lowest BCUT2D eigenvalue weighted by Crippen LogP contribution is -2.43. The highest BCUT2D eigenvalue weighted by atomic mass is 16.3. The summed E-state index contributed by atoms with van der Waals surface area (Å²) >= 11 is 0. The molecule has 1 aromatic carbocycles. The van der Waals surface area contributed by atoms with Crippen molar-refractivity contribution in [3.05, 3.63) is 34.9 Å². The van der Waals surface area contributed by atoms with Crippen molar-refractivity contribution in [1.82, 2.24) is 9.80 Å². The zero-order chi connectivity index (χ0) is 15.2. The Labute approximate surface area is 129 Å². The molecule has 0 bridgehead atoms. The Morgan fingerprint density at radius 1 is 1.24 bits per heavy atom. The molecular weight excluding hydrogens is 260 g/mol. The number of aliphatic hydroxyl groups excluding tert-OH is 1. The summed E-state index contributed by atoms with van der Waals surface area (Å²) < 4.78 is 0. The third kappa shape index (κ3) is 4.80. The number of nitrogens with zero attached hydrogens (tertiary/aromatic N) is 2. The smallest absolute Gasteiger partial charge is 0.0443 e. The van der Waals surface area contributed by atoms with E-state index in [0.29, 0.717) is 12.6 Å². The first-order valence-electron chi connectivity index (χ1n) is 8.19. The van der Waals surface area contributed by atoms with Gasteiger partial charge < -0.3 is 10.0 Å². The number of aliphatic hydroxyl groups is 1. The maximum Gasteiger partial charge on any atom is 0.0443 e. The van der Waals surface area contributed by atoms with Crippen molar-refractivity contribution in [3.63, 3.8) is 0 Å². The SMILES string of the molecule is Cc1ccc(CN2CCC(N(C)CCCO)CC2)c(C)c1. The van der Waals surface area contributed by atoms with Crippen molar-refractivity contribution >= 4 is 0 Å². The number of piperidine rings is 1. The standard InChI is InChI=1S/C18H30N2O/c1-15-5-6-17(16(2)13-15)14-20-10-7-18(8-11-20)19(3)9-4-12-21/h5-6,13,18,21H,4,7-12,14H2,1-3H3. The molecule has 1 aromatic rings. The van der Waals surface area contributed by atoms with Gasteiger partial charge in [0.1, 0.15) is 0 Å². The second-order valence-electron chi connectivity index (χ2n) is 6.50. The van der Waals surface area contributed by atoms with Crippen LogP contribution in [0.5, 0.6) is 0 Å². The van der Waals surface area contributed by atoms with Gasteiger partial charge in [0.25, 0.3) is 0 Å². The van der Waals surface area contributed by atoms with Crippen molar-refractivity contribution in [1.29, 1.82) is 0 Å². The molecule has 0 spiro atoms. The molecule has 0 radical (unpaired) electrons. The average molecular weight is 290 g/mol. The van der Waals surface area contributed by atoms with Gasteiger partial charge in [-0.15, -0.1) is 0 Å². The Morgan fingerprint density at radius 3 is 2.57 bits per heavy atom. The Kier molecular flexibility index (Phi) is 6.22. The number of rotatable bonds is 6. The number of hydrogen-bond acceptors (Lipinski definition) is 3. The van der Waals surface area contributed by atoms with E-state index in [1.165, 1.54) is 42.6 Å². The molecule has 0 atom stereocenters. The minimum atomic E-state index is 0.301. The van der Waals surface area contributed by atoms with E-state index in [0.717, 1.165) is 19.5 Å². The summed E-state index contributed by atoms with van der Waals surface area (Å²) in [6, 6.07) is 7.47. The van der Waals surface area contributed by atoms with Crippen molar-refractivity contribution in [2.45, 2.75) is 45.7 Å². The lowest BCUT2D eigenvalue weighted by atomic mass is 10.0. The Balaban J connectivity index is 1.81. The summed E-state index contributed by atoms with van der Waals surface area (Å²) in [5, 5.41) is 8.93. The predicted octanol–water partition coefficient (Wildman–Crippen LogP) is 2.58. The summed E-state index contributed by atoms with van der Waals surface area (Å²) in [7, 11) is 2.19. The molecule has 2 rings (SSSR count). The Morgan fingerprint density at radius 2 is 1.95 bits per heavy atom. The second-order valence-corrected chi connectivity index (χ2v) is 6.50. The lowest BCUT2D eigenvalue weighted by Gasteiger charge is -2.37. The van der Waals surface area contributed by atoms with Gasteiger partial charge in [0.05, 0.1) is 0 Å². The largest absolute Gasteiger partial charge is 0.396 e. The summed E-state index contributed by atoms with van der Waals surface area (Å²) in [6.07, 6.45) is 3.37. The highest BCUT2D eigenvalue weighted by Crippen LogP contribution is 2.19. The molecule has 0 amide bonds. The average Bonchev–Trinajstić information content (AvgIpc) is 2.48. The van der Waals surface area contributed by atoms with Crippen LogP contribution in [0.15, 0.2) is 18.2 Å². The van der Waals surface area contributed by atoms with Crippen LogP contribution in [0, 0.1) is 13.8 Å². The molecule has 3 heteroatoms. The molecular formula is C18H30N2O. The summed E-state index contributed by atoms with van der Waals surface area (Å²) in [6.45, 7) is 9.14. The van der Waals surface area contributed by atoms with Crippen LogP contribution in [0.3, 0.4) is 0 Å². The minimum absolute atomic E-state index is 0.301. The van der Waals surface area contributed by atoms with Gasteiger partial charge in [-0.25, -0.2) is 0 Å². The fourth-order valence-electron chi connectivity index (χ4n) is 3.29. The van der Waals surface area contributed by atoms with Crippen molar-refractivity contribution in [2.75, 3.05) is 33.3 Å². The van der Waals surface area contributed by atoms with Crippen molar-refractivity contribution < 1.29 is 5.11 Å². The van der Waals surface area contributed by atoms with Gasteiger partial charge >= 0.3 is 0 Å². The minimum Gasteiger partial charge on any atom is -0.396 e. The Hall–Kier alpha value is -0.900. The molecule has 0 aromatic heterocycles. The second kappa shape index (κ2) is 7.92. The number of likely N-dealkylation sites (tertiary alicyclic amines) is 1. The normalized spacial score (nSPS) is 17.6. The van der Waals surface area contributed by atoms with E-state index in [1.54, 1.807) is 0 Å². The van der Waals surface area contributed by atoms with E-state index in [1.807, 2.05) is 0 Å². The maximum absolute atomic E-state index is 8.93. The Bertz CT molecular complexity index is 439. The molecule has 1 aliphatic heterocycles. The van der Waals surface area contributed by atoms with E-state index >= 15 is 0 Å². The highest BCUT2D eigenvalue weighted by Gasteiger charge is 2.22. The quantitative estimate of drug-likeness (QED) is 0.872. The van der Waals surface area contributed by atoms with Crippen LogP contribution < -0.4 is 0 Å². The zero-order valence-electron chi connectivity index (χ0n) is 13.8. The van der Waals surface area contributed by atoms with E-state index in [2.05, 4.69) is 48.9 Å². The molecule has 118 valence electrons. The third-order valence-electron chi connectivity index (χ3n) is 4.74. The highest BCUT2D eigenvalue weighted by molar-refractivity contribution is 5.30. The molecule has 1 saturated heterocycles. The molecule has 0 aliphatic carbocycles. The topological polar surface area (TPSA) is 26.7 Å². The van der Waals surface area contributed by atoms with Gasteiger partial charge in [-0.2, -0.15) is 0 Å². The summed E-state index contributed by atoms with van der Waals surface area (Å²) in [5.74, 6) is 0. The van der Waals surface area contributed by atoms with Gasteiger partial charge in [0.2, 0.25) is 0 Å². The molecule has 1 heterocycles. The van der Waals surface area contributed by atoms with Gasteiger partial charge in [0, 0.05) is 25.7 Å². The number of benzene rings is 1. The van der Waals surface area contributed by atoms with Gasteiger partial charge in [0.15, 0.2) is 0 Å². The van der Waals surface area contributed by atoms with E-state index < -0.39 is 0 Å². The van der Waals surface area contributed by atoms with Crippen molar-refractivity contribution in [3.8, 4) is 0 Å². The van der Waals surface area contributed by atoms with E-state index in [9.17, 15) is 0 Å². The third-order valence-corrected chi connectivity index (χ3v) is 4.74. The van der Waals surface area contributed by atoms with E-state index in [4.69, 9.17) is 5.11 Å². The summed E-state index contributed by atoms with van der Waals surface area (Å²) in [5.41, 5.74) is 4.23. The molecule has 1 aliphatic rings. The first-order chi connectivity index (χ1) is 10.1. The monoisotopic (exact) mass is 290 g/mol. The molecule has 21 heavy (non-hydrogen) atoms. The molecule has 1 fully saturated rings. The molecule has 0 unspecified atom stereocenters. The van der Waals surface area contributed by atoms with Crippen LogP contribution in [0.4, 0.5) is 0 Å². The van der Waals surface area contributed by atoms with Crippen LogP contribution in [0.2, 0.25) is 0 Å². The first kappa shape index (κ1) is 16.5. The predicted molar refractivity (Wildman–Crippen MR) is 88.5 cm³/mol. The van der Waals surface area contributed by atoms with Gasteiger partial charge in [-0.3, -0.25) is 4.90 Å². The lowest BCUT2D eigenvalue weighted by molar-refractivity contribution is 0.117. The fourth-order valence-corrected chi connectivity index (χ4v) is 3.29.